The molecule has 1 aliphatic heterocycles. The third-order valence-electron chi connectivity index (χ3n) is 3.24. The minimum absolute atomic E-state index is 0.0243. The Morgan fingerprint density at radius 1 is 1.24 bits per heavy atom. The first-order valence-electron chi connectivity index (χ1n) is 6.85. The van der Waals surface area contributed by atoms with Gasteiger partial charge in [-0.3, -0.25) is 4.79 Å². The standard InChI is InChI=1S/C15H16N4O2/c20-14(6-9-18-15-16-7-3-8-17-15)19-12-10-21-13-5-2-1-4-11(12)13/h1-5,7-8,12H,6,9-10H2,(H,19,20)(H,16,17,18)/t12-/m0/s1. The van der Waals surface area contributed by atoms with Crippen molar-refractivity contribution >= 4 is 11.9 Å². The lowest BCUT2D eigenvalue weighted by atomic mass is 10.1. The van der Waals surface area contributed by atoms with Crippen LogP contribution in [-0.4, -0.2) is 29.0 Å². The Hall–Kier alpha value is -2.63. The molecule has 108 valence electrons. The van der Waals surface area contributed by atoms with Crippen molar-refractivity contribution in [1.29, 1.82) is 0 Å². The molecule has 0 unspecified atom stereocenters. The normalized spacial score (nSPS) is 15.9. The molecular weight excluding hydrogens is 268 g/mol. The highest BCUT2D eigenvalue weighted by Crippen LogP contribution is 2.31. The van der Waals surface area contributed by atoms with Crippen molar-refractivity contribution in [3.8, 4) is 5.75 Å². The number of nitrogens with one attached hydrogen (secondary N) is 2. The van der Waals surface area contributed by atoms with Crippen LogP contribution in [-0.2, 0) is 4.79 Å². The highest BCUT2D eigenvalue weighted by atomic mass is 16.5. The van der Waals surface area contributed by atoms with Crippen LogP contribution in [0.5, 0.6) is 5.75 Å². The van der Waals surface area contributed by atoms with E-state index in [4.69, 9.17) is 4.74 Å². The number of benzene rings is 1. The fourth-order valence-electron chi connectivity index (χ4n) is 2.23. The molecule has 0 spiro atoms. The quantitative estimate of drug-likeness (QED) is 0.870. The number of nitrogens with zero attached hydrogens (tertiary/aromatic N) is 2. The molecule has 6 heteroatoms. The van der Waals surface area contributed by atoms with Crippen LogP contribution < -0.4 is 15.4 Å². The van der Waals surface area contributed by atoms with Gasteiger partial charge in [-0.25, -0.2) is 9.97 Å². The zero-order chi connectivity index (χ0) is 14.5. The van der Waals surface area contributed by atoms with Gasteiger partial charge in [-0.15, -0.1) is 0 Å². The number of hydrogen-bond acceptors (Lipinski definition) is 5. The topological polar surface area (TPSA) is 76.1 Å². The number of fused-ring (bicyclic) bond motifs is 1. The molecule has 0 aliphatic carbocycles. The number of carbonyl (C=O) groups is 1. The lowest BCUT2D eigenvalue weighted by Crippen LogP contribution is -2.30. The summed E-state index contributed by atoms with van der Waals surface area (Å²) in [5, 5.41) is 5.98. The third kappa shape index (κ3) is 3.28. The molecule has 0 fully saturated rings. The molecule has 2 heterocycles. The van der Waals surface area contributed by atoms with E-state index >= 15 is 0 Å². The SMILES string of the molecule is O=C(CCNc1ncccn1)N[C@H]1COc2ccccc21. The van der Waals surface area contributed by atoms with E-state index in [-0.39, 0.29) is 11.9 Å². The van der Waals surface area contributed by atoms with Crippen LogP contribution in [0.2, 0.25) is 0 Å². The van der Waals surface area contributed by atoms with Gasteiger partial charge in [-0.2, -0.15) is 0 Å². The fourth-order valence-corrected chi connectivity index (χ4v) is 2.23. The zero-order valence-electron chi connectivity index (χ0n) is 11.5. The number of amides is 1. The number of ether oxygens (including phenoxy) is 1. The molecule has 0 bridgehead atoms. The summed E-state index contributed by atoms with van der Waals surface area (Å²) in [6.07, 6.45) is 3.67. The van der Waals surface area contributed by atoms with E-state index in [1.54, 1.807) is 18.5 Å². The summed E-state index contributed by atoms with van der Waals surface area (Å²) in [6.45, 7) is 0.978. The number of hydrogen-bond donors (Lipinski definition) is 2. The van der Waals surface area contributed by atoms with Crippen LogP contribution >= 0.6 is 0 Å². The molecule has 1 aromatic heterocycles. The second-order valence-corrected chi connectivity index (χ2v) is 4.72. The molecule has 0 saturated heterocycles. The Morgan fingerprint density at radius 3 is 2.90 bits per heavy atom. The van der Waals surface area contributed by atoms with E-state index in [0.29, 0.717) is 25.5 Å². The monoisotopic (exact) mass is 284 g/mol. The van der Waals surface area contributed by atoms with Crippen LogP contribution in [0, 0.1) is 0 Å². The molecule has 0 saturated carbocycles. The van der Waals surface area contributed by atoms with Crippen LogP contribution in [0.15, 0.2) is 42.7 Å². The first-order chi connectivity index (χ1) is 10.3. The number of para-hydroxylation sites is 1. The summed E-state index contributed by atoms with van der Waals surface area (Å²) in [6, 6.07) is 9.43. The average Bonchev–Trinajstić information content (AvgIpc) is 2.92. The predicted molar refractivity (Wildman–Crippen MR) is 78.0 cm³/mol. The van der Waals surface area contributed by atoms with Gasteiger partial charge < -0.3 is 15.4 Å². The molecule has 1 aliphatic rings. The molecule has 1 atom stereocenters. The van der Waals surface area contributed by atoms with Crippen molar-refractivity contribution in [3.05, 3.63) is 48.3 Å². The first kappa shape index (κ1) is 13.4. The summed E-state index contributed by atoms with van der Waals surface area (Å²) in [5.74, 6) is 1.35. The molecule has 2 aromatic rings. The summed E-state index contributed by atoms with van der Waals surface area (Å²) < 4.78 is 5.54. The van der Waals surface area contributed by atoms with E-state index in [9.17, 15) is 4.79 Å². The van der Waals surface area contributed by atoms with E-state index < -0.39 is 0 Å². The summed E-state index contributed by atoms with van der Waals surface area (Å²) in [4.78, 5) is 20.0. The maximum absolute atomic E-state index is 12.0. The molecule has 3 rings (SSSR count). The van der Waals surface area contributed by atoms with Gasteiger partial charge >= 0.3 is 0 Å². The van der Waals surface area contributed by atoms with Gasteiger partial charge in [0.1, 0.15) is 12.4 Å². The van der Waals surface area contributed by atoms with Crippen molar-refractivity contribution in [2.45, 2.75) is 12.5 Å². The second kappa shape index (κ2) is 6.21. The Labute approximate surface area is 122 Å². The Morgan fingerprint density at radius 2 is 2.05 bits per heavy atom. The number of rotatable bonds is 5. The molecule has 1 amide bonds. The van der Waals surface area contributed by atoms with E-state index in [1.807, 2.05) is 24.3 Å². The molecular formula is C15H16N4O2. The Bertz CT molecular complexity index is 618. The zero-order valence-corrected chi connectivity index (χ0v) is 11.5. The Balaban J connectivity index is 1.47. The second-order valence-electron chi connectivity index (χ2n) is 4.72. The van der Waals surface area contributed by atoms with Crippen molar-refractivity contribution in [1.82, 2.24) is 15.3 Å². The number of aromatic nitrogens is 2. The maximum atomic E-state index is 12.0. The largest absolute Gasteiger partial charge is 0.491 e. The number of anilines is 1. The molecule has 21 heavy (non-hydrogen) atoms. The first-order valence-corrected chi connectivity index (χ1v) is 6.85. The van der Waals surface area contributed by atoms with Crippen LogP contribution in [0.1, 0.15) is 18.0 Å². The van der Waals surface area contributed by atoms with Gasteiger partial charge in [-0.05, 0) is 12.1 Å². The third-order valence-corrected chi connectivity index (χ3v) is 3.24. The van der Waals surface area contributed by atoms with Crippen molar-refractivity contribution < 1.29 is 9.53 Å². The van der Waals surface area contributed by atoms with Gasteiger partial charge in [0.05, 0.1) is 6.04 Å². The van der Waals surface area contributed by atoms with Gasteiger partial charge in [0.2, 0.25) is 11.9 Å². The minimum atomic E-state index is -0.0679. The molecule has 6 nitrogen and oxygen atoms in total. The number of carbonyl (C=O) groups excluding carboxylic acids is 1. The summed E-state index contributed by atoms with van der Waals surface area (Å²) in [7, 11) is 0. The average molecular weight is 284 g/mol. The smallest absolute Gasteiger partial charge is 0.222 e. The van der Waals surface area contributed by atoms with E-state index in [0.717, 1.165) is 11.3 Å². The van der Waals surface area contributed by atoms with Crippen molar-refractivity contribution in [2.24, 2.45) is 0 Å². The van der Waals surface area contributed by atoms with Crippen LogP contribution in [0.25, 0.3) is 0 Å². The summed E-state index contributed by atoms with van der Waals surface area (Å²) >= 11 is 0. The maximum Gasteiger partial charge on any atom is 0.222 e. The molecule has 2 N–H and O–H groups in total. The predicted octanol–water partition coefficient (Wildman–Crippen LogP) is 1.53. The minimum Gasteiger partial charge on any atom is -0.491 e. The van der Waals surface area contributed by atoms with E-state index in [2.05, 4.69) is 20.6 Å². The van der Waals surface area contributed by atoms with Gasteiger partial charge in [-0.1, -0.05) is 18.2 Å². The highest BCUT2D eigenvalue weighted by molar-refractivity contribution is 5.77. The summed E-state index contributed by atoms with van der Waals surface area (Å²) in [5.41, 5.74) is 1.03. The lowest BCUT2D eigenvalue weighted by Gasteiger charge is -2.12. The lowest BCUT2D eigenvalue weighted by molar-refractivity contribution is -0.121. The van der Waals surface area contributed by atoms with E-state index in [1.165, 1.54) is 0 Å². The van der Waals surface area contributed by atoms with Gasteiger partial charge in [0.15, 0.2) is 0 Å². The van der Waals surface area contributed by atoms with Gasteiger partial charge in [0, 0.05) is 30.9 Å². The van der Waals surface area contributed by atoms with Crippen LogP contribution in [0.4, 0.5) is 5.95 Å². The van der Waals surface area contributed by atoms with Crippen LogP contribution in [0.3, 0.4) is 0 Å². The highest BCUT2D eigenvalue weighted by Gasteiger charge is 2.24. The van der Waals surface area contributed by atoms with Gasteiger partial charge in [0.25, 0.3) is 0 Å². The molecule has 0 radical (unpaired) electrons. The van der Waals surface area contributed by atoms with Crippen molar-refractivity contribution in [3.63, 3.8) is 0 Å². The van der Waals surface area contributed by atoms with Crippen molar-refractivity contribution in [2.75, 3.05) is 18.5 Å². The Kier molecular flexibility index (Phi) is 3.95. The molecule has 1 aromatic carbocycles. The fraction of sp³-hybridized carbons (Fsp3) is 0.267.